The van der Waals surface area contributed by atoms with Crippen LogP contribution >= 0.6 is 22.9 Å². The predicted octanol–water partition coefficient (Wildman–Crippen LogP) is 9.48. The molecule has 6 atom stereocenters. The zero-order valence-electron chi connectivity index (χ0n) is 34.1. The van der Waals surface area contributed by atoms with Crippen molar-refractivity contribution in [3.05, 3.63) is 34.9 Å². The molecule has 9 rings (SSSR count). The average Bonchev–Trinajstić information content (AvgIpc) is 3.86. The van der Waals surface area contributed by atoms with Crippen molar-refractivity contribution in [1.29, 1.82) is 0 Å². The number of benzene rings is 2. The number of aromatic nitrogens is 2. The molecule has 12 nitrogen and oxygen atoms in total. The van der Waals surface area contributed by atoms with Crippen LogP contribution in [0, 0.1) is 11.6 Å². The Bertz CT molecular complexity index is 2390. The molecule has 0 radical (unpaired) electrons. The summed E-state index contributed by atoms with van der Waals surface area (Å²) in [6.45, 7) is 14.0. The Balaban J connectivity index is 1.19. The van der Waals surface area contributed by atoms with Crippen LogP contribution in [0.5, 0.6) is 11.8 Å². The number of thiophene rings is 1. The molecule has 2 aromatic heterocycles. The van der Waals surface area contributed by atoms with Crippen molar-refractivity contribution in [1.82, 2.24) is 19.8 Å². The highest BCUT2D eigenvalue weighted by Crippen LogP contribution is 2.53. The summed E-state index contributed by atoms with van der Waals surface area (Å²) in [6, 6.07) is 3.17. The molecule has 2 amide bonds. The number of ether oxygens (including phenoxy) is 4. The van der Waals surface area contributed by atoms with Crippen LogP contribution in [-0.2, 0) is 9.47 Å². The molecule has 1 N–H and O–H groups in total. The maximum absolute atomic E-state index is 17.7. The van der Waals surface area contributed by atoms with Gasteiger partial charge in [-0.25, -0.2) is 22.8 Å². The standard InChI is InChI=1S/C42H48ClF3N6O6S/c1-20(42-13-8-14-50(42)17-21(44)16-42)56-37-48-34-31-35(55-19-26-25-11-9-22(18-51(26)36(31)49-37)52(25)39(54)58-41(5,6)7)32(43)30(33(34)46)29-23-15-28(47-38(53)57-40(2,3)4)59-27(23)12-10-24(29)45/h10,12,15,20-22,25-26H,8-9,11,13-14,16-19H2,1-7H3,(H,47,53)/t20?,21-,22-,25+,26-,42+/m1/s1. The lowest BCUT2D eigenvalue weighted by atomic mass is 9.88. The zero-order valence-corrected chi connectivity index (χ0v) is 35.7. The Morgan fingerprint density at radius 3 is 2.56 bits per heavy atom. The number of fused-ring (bicyclic) bond motifs is 7. The largest absolute Gasteiger partial charge is 0.489 e. The third-order valence-corrected chi connectivity index (χ3v) is 13.6. The number of carbonyl (C=O) groups excluding carboxylic acids is 2. The van der Waals surface area contributed by atoms with E-state index >= 15 is 8.78 Å². The molecule has 4 aromatic rings. The molecule has 1 unspecified atom stereocenters. The number of amides is 2. The first-order valence-corrected chi connectivity index (χ1v) is 21.4. The average molecular weight is 857 g/mol. The first-order chi connectivity index (χ1) is 27.8. The summed E-state index contributed by atoms with van der Waals surface area (Å²) in [7, 11) is 0. The van der Waals surface area contributed by atoms with Crippen molar-refractivity contribution in [3.63, 3.8) is 0 Å². The van der Waals surface area contributed by atoms with Gasteiger partial charge in [0.1, 0.15) is 47.2 Å². The highest BCUT2D eigenvalue weighted by molar-refractivity contribution is 7.23. The minimum absolute atomic E-state index is 0.0323. The van der Waals surface area contributed by atoms with Gasteiger partial charge in [-0.15, -0.1) is 11.3 Å². The van der Waals surface area contributed by atoms with E-state index in [1.165, 1.54) is 6.07 Å². The lowest BCUT2D eigenvalue weighted by molar-refractivity contribution is 0.00539. The van der Waals surface area contributed by atoms with Crippen LogP contribution in [0.4, 0.5) is 33.6 Å². The van der Waals surface area contributed by atoms with Crippen molar-refractivity contribution >= 4 is 66.9 Å². The molecule has 2 bridgehead atoms. The Morgan fingerprint density at radius 1 is 1.05 bits per heavy atom. The fourth-order valence-electron chi connectivity index (χ4n) is 9.95. The fraction of sp³-hybridized carbons (Fsp3) is 0.571. The molecule has 5 aliphatic rings. The number of hydrogen-bond acceptors (Lipinski definition) is 11. The second kappa shape index (κ2) is 14.2. The molecule has 0 saturated carbocycles. The van der Waals surface area contributed by atoms with Gasteiger partial charge in [0.2, 0.25) is 0 Å². The Morgan fingerprint density at radius 2 is 1.81 bits per heavy atom. The number of nitrogens with one attached hydrogen (secondary N) is 1. The molecule has 4 fully saturated rings. The lowest BCUT2D eigenvalue weighted by Crippen LogP contribution is -2.63. The topological polar surface area (TPSA) is 119 Å². The van der Waals surface area contributed by atoms with Gasteiger partial charge in [-0.05, 0) is 98.9 Å². The van der Waals surface area contributed by atoms with E-state index in [9.17, 15) is 14.0 Å². The Kier molecular flexibility index (Phi) is 9.63. The molecule has 5 aliphatic heterocycles. The first-order valence-electron chi connectivity index (χ1n) is 20.2. The van der Waals surface area contributed by atoms with Gasteiger partial charge in [-0.3, -0.25) is 15.1 Å². The maximum atomic E-state index is 17.7. The van der Waals surface area contributed by atoms with E-state index in [1.54, 1.807) is 37.8 Å². The SMILES string of the molecule is CC(Oc1nc2c3c(c(Cl)c(-c4c(F)ccc5sc(NC(=O)OC(C)(C)C)cc45)c(F)c3n1)OC[C@@H]1[C@@H]3CC[C@H](CN21)N3C(=O)OC(C)(C)C)[C@@]12CCCN1C[C@H](F)C2. The summed E-state index contributed by atoms with van der Waals surface area (Å²) >= 11 is 8.37. The summed E-state index contributed by atoms with van der Waals surface area (Å²) in [5, 5.41) is 3.36. The van der Waals surface area contributed by atoms with Gasteiger partial charge in [0.05, 0.1) is 39.1 Å². The van der Waals surface area contributed by atoms with E-state index < -0.39 is 58.9 Å². The number of hydrogen-bond donors (Lipinski definition) is 1. The van der Waals surface area contributed by atoms with Crippen molar-refractivity contribution in [2.45, 2.75) is 128 Å². The van der Waals surface area contributed by atoms with Gasteiger partial charge in [-0.2, -0.15) is 9.97 Å². The summed E-state index contributed by atoms with van der Waals surface area (Å²) < 4.78 is 73.9. The van der Waals surface area contributed by atoms with E-state index in [0.717, 1.165) is 30.7 Å². The predicted molar refractivity (Wildman–Crippen MR) is 220 cm³/mol. The Labute approximate surface area is 349 Å². The Hall–Kier alpha value is -4.28. The van der Waals surface area contributed by atoms with Gasteiger partial charge in [0, 0.05) is 40.7 Å². The number of alkyl halides is 1. The molecule has 59 heavy (non-hydrogen) atoms. The summed E-state index contributed by atoms with van der Waals surface area (Å²) in [5.41, 5.74) is -2.66. The van der Waals surface area contributed by atoms with Gasteiger partial charge in [0.15, 0.2) is 11.6 Å². The van der Waals surface area contributed by atoms with E-state index in [2.05, 4.69) is 15.2 Å². The fourth-order valence-corrected chi connectivity index (χ4v) is 11.2. The summed E-state index contributed by atoms with van der Waals surface area (Å²) in [4.78, 5) is 41.9. The second-order valence-corrected chi connectivity index (χ2v) is 19.9. The number of carbonyl (C=O) groups is 2. The molecule has 0 spiro atoms. The zero-order chi connectivity index (χ0) is 41.9. The van der Waals surface area contributed by atoms with Crippen LogP contribution in [-0.4, -0.2) is 105 Å². The third-order valence-electron chi connectivity index (χ3n) is 12.2. The molecule has 17 heteroatoms. The number of anilines is 2. The maximum Gasteiger partial charge on any atom is 0.412 e. The summed E-state index contributed by atoms with van der Waals surface area (Å²) in [5.74, 6) is -1.30. The van der Waals surface area contributed by atoms with Crippen molar-refractivity contribution in [3.8, 4) is 22.9 Å². The van der Waals surface area contributed by atoms with Crippen LogP contribution in [0.25, 0.3) is 32.1 Å². The van der Waals surface area contributed by atoms with Crippen LogP contribution < -0.4 is 19.7 Å². The van der Waals surface area contributed by atoms with E-state index in [4.69, 9.17) is 35.5 Å². The molecule has 2 aromatic carbocycles. The lowest BCUT2D eigenvalue weighted by Gasteiger charge is -2.46. The van der Waals surface area contributed by atoms with E-state index in [-0.39, 0.29) is 57.5 Å². The molecule has 316 valence electrons. The molecular weight excluding hydrogens is 809 g/mol. The monoisotopic (exact) mass is 856 g/mol. The van der Waals surface area contributed by atoms with Gasteiger partial charge >= 0.3 is 18.2 Å². The quantitative estimate of drug-likeness (QED) is 0.208. The van der Waals surface area contributed by atoms with E-state index in [0.29, 0.717) is 53.3 Å². The van der Waals surface area contributed by atoms with Gasteiger partial charge in [-0.1, -0.05) is 11.6 Å². The second-order valence-electron chi connectivity index (χ2n) is 18.4. The molecule has 4 saturated heterocycles. The van der Waals surface area contributed by atoms with Crippen LogP contribution in [0.2, 0.25) is 5.02 Å². The normalized spacial score (nSPS) is 25.7. The first kappa shape index (κ1) is 40.1. The van der Waals surface area contributed by atoms with Crippen molar-refractivity contribution in [2.75, 3.05) is 36.5 Å². The van der Waals surface area contributed by atoms with Crippen molar-refractivity contribution in [2.24, 2.45) is 0 Å². The summed E-state index contributed by atoms with van der Waals surface area (Å²) in [6.07, 6.45) is 0.615. The highest BCUT2D eigenvalue weighted by atomic mass is 35.5. The third kappa shape index (κ3) is 6.86. The van der Waals surface area contributed by atoms with Crippen LogP contribution in [0.1, 0.15) is 80.6 Å². The van der Waals surface area contributed by atoms with Crippen LogP contribution in [0.15, 0.2) is 18.2 Å². The van der Waals surface area contributed by atoms with Gasteiger partial charge in [0.25, 0.3) is 0 Å². The number of piperazine rings is 1. The number of nitrogens with zero attached hydrogens (tertiary/aromatic N) is 5. The molecule has 0 aliphatic carbocycles. The highest BCUT2D eigenvalue weighted by Gasteiger charge is 2.54. The van der Waals surface area contributed by atoms with E-state index in [1.807, 2.05) is 32.6 Å². The minimum atomic E-state index is -1.00. The van der Waals surface area contributed by atoms with Crippen molar-refractivity contribution < 1.29 is 41.7 Å². The molecular formula is C42H48ClF3N6O6S. The minimum Gasteiger partial charge on any atom is -0.489 e. The molecule has 7 heterocycles. The number of halogens is 4. The number of rotatable bonds is 5. The van der Waals surface area contributed by atoms with Crippen LogP contribution in [0.3, 0.4) is 0 Å². The smallest absolute Gasteiger partial charge is 0.412 e. The van der Waals surface area contributed by atoms with Gasteiger partial charge < -0.3 is 23.8 Å².